The van der Waals surface area contributed by atoms with Crippen LogP contribution in [0.3, 0.4) is 0 Å². The van der Waals surface area contributed by atoms with Crippen molar-refractivity contribution >= 4 is 27.7 Å². The summed E-state index contributed by atoms with van der Waals surface area (Å²) in [4.78, 5) is 26.4. The molecular weight excluding hydrogens is 486 g/mol. The lowest BCUT2D eigenvalue weighted by Crippen LogP contribution is -2.34. The van der Waals surface area contributed by atoms with Crippen molar-refractivity contribution in [1.29, 1.82) is 0 Å². The Morgan fingerprint density at radius 2 is 1.97 bits per heavy atom. The number of aromatic hydroxyl groups is 1. The van der Waals surface area contributed by atoms with Crippen LogP contribution in [0.5, 0.6) is 11.5 Å². The maximum Gasteiger partial charge on any atom is 0.337 e. The molecule has 0 amide bonds. The van der Waals surface area contributed by atoms with Crippen LogP contribution in [0.2, 0.25) is 0 Å². The molecule has 1 heterocycles. The molecule has 0 radical (unpaired) electrons. The molecule has 0 bridgehead atoms. The van der Waals surface area contributed by atoms with Gasteiger partial charge in [0.2, 0.25) is 0 Å². The first-order chi connectivity index (χ1) is 15.9. The number of ether oxygens (including phenoxy) is 2. The maximum absolute atomic E-state index is 13.4. The van der Waals surface area contributed by atoms with Crippen LogP contribution in [-0.2, 0) is 20.9 Å². The number of carbonyl (C=O) groups is 2. The first-order valence-corrected chi connectivity index (χ1v) is 11.8. The third-order valence-corrected chi connectivity index (χ3v) is 6.50. The van der Waals surface area contributed by atoms with Gasteiger partial charge in [0.1, 0.15) is 6.61 Å². The summed E-state index contributed by atoms with van der Waals surface area (Å²) >= 11 is 3.39. The van der Waals surface area contributed by atoms with Gasteiger partial charge in [0, 0.05) is 29.3 Å². The van der Waals surface area contributed by atoms with Gasteiger partial charge in [-0.15, -0.1) is 0 Å². The highest BCUT2D eigenvalue weighted by molar-refractivity contribution is 9.10. The summed E-state index contributed by atoms with van der Waals surface area (Å²) in [5.41, 5.74) is 4.03. The lowest BCUT2D eigenvalue weighted by Gasteiger charge is -2.34. The van der Waals surface area contributed by atoms with E-state index in [1.807, 2.05) is 44.2 Å². The quantitative estimate of drug-likeness (QED) is 0.514. The van der Waals surface area contributed by atoms with Crippen molar-refractivity contribution in [2.45, 2.75) is 45.6 Å². The molecule has 2 aromatic rings. The monoisotopic (exact) mass is 511 g/mol. The Morgan fingerprint density at radius 1 is 1.21 bits per heavy atom. The number of Topliss-reactive ketones (excluding diaryl/α,β-unsaturated/α-hetero) is 1. The first kappa shape index (κ1) is 23.1. The molecule has 7 heteroatoms. The molecule has 0 aromatic heterocycles. The Bertz CT molecular complexity index is 1150. The van der Waals surface area contributed by atoms with E-state index >= 15 is 0 Å². The molecule has 2 aliphatic rings. The van der Waals surface area contributed by atoms with Crippen molar-refractivity contribution in [2.75, 3.05) is 6.61 Å². The number of phenolic OH excluding ortho intramolecular Hbond substituents is 1. The van der Waals surface area contributed by atoms with Gasteiger partial charge in [0.25, 0.3) is 0 Å². The number of hydrogen-bond acceptors (Lipinski definition) is 6. The predicted octanol–water partition coefficient (Wildman–Crippen LogP) is 5.26. The predicted molar refractivity (Wildman–Crippen MR) is 128 cm³/mol. The molecule has 2 aromatic carbocycles. The van der Waals surface area contributed by atoms with Crippen LogP contribution in [0.25, 0.3) is 0 Å². The summed E-state index contributed by atoms with van der Waals surface area (Å²) in [5, 5.41) is 13.7. The second-order valence-electron chi connectivity index (χ2n) is 8.11. The molecule has 33 heavy (non-hydrogen) atoms. The molecule has 1 aliphatic heterocycles. The number of dihydropyridines is 1. The van der Waals surface area contributed by atoms with Gasteiger partial charge in [-0.2, -0.15) is 0 Å². The Balaban J connectivity index is 1.78. The number of esters is 1. The van der Waals surface area contributed by atoms with Crippen LogP contribution in [0.15, 0.2) is 69.5 Å². The van der Waals surface area contributed by atoms with E-state index in [1.54, 1.807) is 12.1 Å². The molecule has 1 aliphatic carbocycles. The Morgan fingerprint density at radius 3 is 2.70 bits per heavy atom. The Hall–Kier alpha value is -3.06. The van der Waals surface area contributed by atoms with Gasteiger partial charge >= 0.3 is 5.97 Å². The van der Waals surface area contributed by atoms with E-state index in [1.165, 1.54) is 0 Å². The summed E-state index contributed by atoms with van der Waals surface area (Å²) < 4.78 is 11.7. The maximum atomic E-state index is 13.4. The Kier molecular flexibility index (Phi) is 6.88. The van der Waals surface area contributed by atoms with E-state index in [0.29, 0.717) is 45.7 Å². The third-order valence-electron chi connectivity index (χ3n) is 5.89. The van der Waals surface area contributed by atoms with E-state index in [0.717, 1.165) is 24.1 Å². The van der Waals surface area contributed by atoms with Crippen molar-refractivity contribution in [3.05, 3.63) is 80.6 Å². The minimum absolute atomic E-state index is 0.0109. The van der Waals surface area contributed by atoms with Crippen LogP contribution in [0.1, 0.15) is 50.2 Å². The number of allylic oxidation sites excluding steroid dienone is 3. The number of rotatable bonds is 6. The lowest BCUT2D eigenvalue weighted by atomic mass is 9.75. The zero-order chi connectivity index (χ0) is 23.5. The van der Waals surface area contributed by atoms with E-state index in [-0.39, 0.29) is 18.1 Å². The second kappa shape index (κ2) is 9.83. The molecule has 0 saturated heterocycles. The van der Waals surface area contributed by atoms with Crippen LogP contribution in [0.4, 0.5) is 0 Å². The topological polar surface area (TPSA) is 84.9 Å². The smallest absolute Gasteiger partial charge is 0.337 e. The fourth-order valence-corrected chi connectivity index (χ4v) is 4.87. The van der Waals surface area contributed by atoms with E-state index in [9.17, 15) is 14.7 Å². The van der Waals surface area contributed by atoms with Crippen molar-refractivity contribution in [3.63, 3.8) is 0 Å². The highest BCUT2D eigenvalue weighted by atomic mass is 79.9. The summed E-state index contributed by atoms with van der Waals surface area (Å²) in [6.45, 7) is 4.15. The normalized spacial score (nSPS) is 18.0. The van der Waals surface area contributed by atoms with Gasteiger partial charge < -0.3 is 19.9 Å². The van der Waals surface area contributed by atoms with Gasteiger partial charge in [-0.05, 0) is 65.9 Å². The fraction of sp³-hybridized carbons (Fsp3) is 0.308. The van der Waals surface area contributed by atoms with Gasteiger partial charge in [-0.3, -0.25) is 4.79 Å². The summed E-state index contributed by atoms with van der Waals surface area (Å²) in [5.74, 6) is -0.820. The van der Waals surface area contributed by atoms with Crippen LogP contribution < -0.4 is 10.1 Å². The SMILES string of the molecule is CCOc1cc([C@H]2C(C(=O)OCc3ccccc3)=C(C)NC3=C2C(=O)CCC3)cc(Br)c1O. The molecule has 0 fully saturated rings. The van der Waals surface area contributed by atoms with Crippen molar-refractivity contribution in [2.24, 2.45) is 0 Å². The largest absolute Gasteiger partial charge is 0.503 e. The minimum Gasteiger partial charge on any atom is -0.503 e. The molecule has 0 unspecified atom stereocenters. The van der Waals surface area contributed by atoms with Crippen molar-refractivity contribution in [3.8, 4) is 11.5 Å². The summed E-state index contributed by atoms with van der Waals surface area (Å²) in [7, 11) is 0. The Labute approximate surface area is 201 Å². The van der Waals surface area contributed by atoms with Gasteiger partial charge in [-0.1, -0.05) is 30.3 Å². The number of phenols is 1. The van der Waals surface area contributed by atoms with Crippen LogP contribution in [0, 0.1) is 0 Å². The van der Waals surface area contributed by atoms with E-state index in [4.69, 9.17) is 9.47 Å². The molecule has 6 nitrogen and oxygen atoms in total. The summed E-state index contributed by atoms with van der Waals surface area (Å²) in [6.07, 6.45) is 1.93. The number of nitrogens with one attached hydrogen (secondary N) is 1. The van der Waals surface area contributed by atoms with Crippen molar-refractivity contribution in [1.82, 2.24) is 5.32 Å². The molecule has 0 spiro atoms. The van der Waals surface area contributed by atoms with E-state index in [2.05, 4.69) is 21.2 Å². The van der Waals surface area contributed by atoms with Crippen molar-refractivity contribution < 1.29 is 24.2 Å². The number of ketones is 1. The van der Waals surface area contributed by atoms with E-state index < -0.39 is 11.9 Å². The average Bonchev–Trinajstić information content (AvgIpc) is 2.80. The third kappa shape index (κ3) is 4.69. The van der Waals surface area contributed by atoms with Crippen LogP contribution >= 0.6 is 15.9 Å². The first-order valence-electron chi connectivity index (χ1n) is 11.0. The molecule has 2 N–H and O–H groups in total. The highest BCUT2D eigenvalue weighted by Gasteiger charge is 2.39. The summed E-state index contributed by atoms with van der Waals surface area (Å²) in [6, 6.07) is 12.9. The average molecular weight is 512 g/mol. The van der Waals surface area contributed by atoms with Gasteiger partial charge in [-0.25, -0.2) is 4.79 Å². The molecule has 172 valence electrons. The highest BCUT2D eigenvalue weighted by Crippen LogP contribution is 2.46. The molecule has 4 rings (SSSR count). The van der Waals surface area contributed by atoms with Gasteiger partial charge in [0.15, 0.2) is 17.3 Å². The standard InChI is InChI=1S/C26H26BrNO5/c1-3-32-21-13-17(12-18(27)25(21)30)23-22(26(31)33-14-16-8-5-4-6-9-16)15(2)28-19-10-7-11-20(29)24(19)23/h4-6,8-9,12-13,23,28,30H,3,7,10-11,14H2,1-2H3/t23-/m0/s1. The second-order valence-corrected chi connectivity index (χ2v) is 8.96. The lowest BCUT2D eigenvalue weighted by molar-refractivity contribution is -0.140. The fourth-order valence-electron chi connectivity index (χ4n) is 4.41. The molecule has 0 saturated carbocycles. The number of benzene rings is 2. The van der Waals surface area contributed by atoms with Crippen LogP contribution in [-0.4, -0.2) is 23.5 Å². The van der Waals surface area contributed by atoms with Gasteiger partial charge in [0.05, 0.1) is 16.7 Å². The minimum atomic E-state index is -0.617. The zero-order valence-electron chi connectivity index (χ0n) is 18.6. The number of carbonyl (C=O) groups excluding carboxylic acids is 2. The molecule has 1 atom stereocenters. The molecular formula is C26H26BrNO5. The zero-order valence-corrected chi connectivity index (χ0v) is 20.2. The number of hydrogen-bond donors (Lipinski definition) is 2. The number of halogens is 1.